The van der Waals surface area contributed by atoms with Crippen LogP contribution in [0.15, 0.2) is 11.1 Å². The molecule has 0 N–H and O–H groups in total. The van der Waals surface area contributed by atoms with E-state index in [-0.39, 0.29) is 0 Å². The monoisotopic (exact) mass is 375 g/mol. The van der Waals surface area contributed by atoms with Crippen molar-refractivity contribution in [2.24, 2.45) is 4.99 Å². The molecule has 1 aromatic carbocycles. The first-order valence-electron chi connectivity index (χ1n) is 5.54. The van der Waals surface area contributed by atoms with E-state index in [2.05, 4.69) is 0 Å². The molecule has 0 atom stereocenters. The largest absolute Gasteiger partial charge is 0.412 e. The van der Waals surface area contributed by atoms with Crippen LogP contribution < -0.4 is 0 Å². The molecule has 2 rings (SSSR count). The lowest BCUT2D eigenvalue weighted by molar-refractivity contribution is -0.357. The van der Waals surface area contributed by atoms with Crippen LogP contribution in [-0.2, 0) is 0 Å². The van der Waals surface area contributed by atoms with Crippen LogP contribution in [-0.4, -0.2) is 29.5 Å². The van der Waals surface area contributed by atoms with Crippen LogP contribution in [0.3, 0.4) is 0 Å². The van der Waals surface area contributed by atoms with Crippen LogP contribution in [0.2, 0.25) is 0 Å². The van der Waals surface area contributed by atoms with Gasteiger partial charge in [0.15, 0.2) is 23.3 Å². The van der Waals surface area contributed by atoms with Gasteiger partial charge in [0.1, 0.15) is 5.71 Å². The minimum Gasteiger partial charge on any atom is -0.208 e. The van der Waals surface area contributed by atoms with Gasteiger partial charge in [0.2, 0.25) is 0 Å². The summed E-state index contributed by atoms with van der Waals surface area (Å²) in [6.07, 6.45) is 0. The van der Waals surface area contributed by atoms with E-state index < -0.39 is 64.4 Å². The third kappa shape index (κ3) is 2.02. The third-order valence-electron chi connectivity index (χ3n) is 3.07. The highest BCUT2D eigenvalue weighted by Gasteiger charge is 2.85. The Kier molecular flexibility index (Phi) is 3.67. The average molecular weight is 375 g/mol. The van der Waals surface area contributed by atoms with E-state index >= 15 is 0 Å². The predicted octanol–water partition coefficient (Wildman–Crippen LogP) is 4.54. The number of halogens is 12. The zero-order chi connectivity index (χ0) is 18.9. The van der Waals surface area contributed by atoms with Crippen molar-refractivity contribution in [3.63, 3.8) is 0 Å². The molecule has 13 heteroatoms. The lowest BCUT2D eigenvalue weighted by Crippen LogP contribution is -2.68. The number of rotatable bonds is 1. The van der Waals surface area contributed by atoms with Crippen molar-refractivity contribution in [3.8, 4) is 0 Å². The molecule has 1 heterocycles. The molecule has 0 aliphatic carbocycles. The number of aliphatic imine (C=N–C) groups is 1. The Morgan fingerprint density at radius 1 is 0.667 bits per heavy atom. The first kappa shape index (κ1) is 18.4. The normalized spacial score (nSPS) is 23.8. The molecule has 0 spiro atoms. The third-order valence-corrected chi connectivity index (χ3v) is 3.07. The van der Waals surface area contributed by atoms with Crippen LogP contribution in [0.25, 0.3) is 0 Å². The Morgan fingerprint density at radius 2 is 1.17 bits per heavy atom. The Hall–Kier alpha value is -1.95. The molecule has 0 amide bonds. The lowest BCUT2D eigenvalue weighted by Gasteiger charge is -2.39. The molecule has 1 aliphatic heterocycles. The number of alkyl halides is 8. The number of benzene rings is 1. The van der Waals surface area contributed by atoms with Crippen LogP contribution >= 0.6 is 0 Å². The van der Waals surface area contributed by atoms with Crippen LogP contribution in [0.4, 0.5) is 52.7 Å². The molecule has 24 heavy (non-hydrogen) atoms. The highest BCUT2D eigenvalue weighted by Crippen LogP contribution is 2.57. The van der Waals surface area contributed by atoms with E-state index in [0.717, 1.165) is 0 Å². The Morgan fingerprint density at radius 3 is 1.67 bits per heavy atom. The van der Waals surface area contributed by atoms with Gasteiger partial charge >= 0.3 is 23.8 Å². The lowest BCUT2D eigenvalue weighted by atomic mass is 9.90. The minimum absolute atomic E-state index is 0.684. The van der Waals surface area contributed by atoms with Crippen molar-refractivity contribution in [1.82, 2.24) is 0 Å². The van der Waals surface area contributed by atoms with Gasteiger partial charge in [0, 0.05) is 5.56 Å². The molecule has 134 valence electrons. The number of nitrogens with zero attached hydrogens (tertiary/aromatic N) is 1. The molecule has 0 unspecified atom stereocenters. The first-order valence-corrected chi connectivity index (χ1v) is 5.54. The highest BCUT2D eigenvalue weighted by atomic mass is 19.4. The van der Waals surface area contributed by atoms with Crippen molar-refractivity contribution in [2.75, 3.05) is 0 Å². The van der Waals surface area contributed by atoms with Gasteiger partial charge in [0.25, 0.3) is 0 Å². The van der Waals surface area contributed by atoms with Crippen molar-refractivity contribution in [3.05, 3.63) is 34.9 Å². The van der Waals surface area contributed by atoms with E-state index in [1.807, 2.05) is 0 Å². The van der Waals surface area contributed by atoms with E-state index in [1.54, 1.807) is 0 Å². The Labute approximate surface area is 123 Å². The minimum atomic E-state index is -6.80. The molecule has 0 radical (unpaired) electrons. The fourth-order valence-electron chi connectivity index (χ4n) is 1.79. The van der Waals surface area contributed by atoms with Gasteiger partial charge < -0.3 is 0 Å². The van der Waals surface area contributed by atoms with Gasteiger partial charge in [-0.05, 0) is 6.07 Å². The molecule has 0 bridgehead atoms. The summed E-state index contributed by atoms with van der Waals surface area (Å²) >= 11 is 0. The molecule has 0 aromatic heterocycles. The van der Waals surface area contributed by atoms with Gasteiger partial charge in [-0.1, -0.05) is 0 Å². The maximum Gasteiger partial charge on any atom is 0.412 e. The van der Waals surface area contributed by atoms with Crippen LogP contribution in [0, 0.1) is 23.3 Å². The molecular weight excluding hydrogens is 374 g/mol. The van der Waals surface area contributed by atoms with Gasteiger partial charge in [0.05, 0.1) is 0 Å². The molecule has 0 saturated heterocycles. The van der Waals surface area contributed by atoms with E-state index in [4.69, 9.17) is 0 Å². The molecule has 0 saturated carbocycles. The fraction of sp³-hybridized carbons (Fsp3) is 0.364. The zero-order valence-corrected chi connectivity index (χ0v) is 10.6. The second kappa shape index (κ2) is 4.79. The van der Waals surface area contributed by atoms with Crippen molar-refractivity contribution in [2.45, 2.75) is 23.8 Å². The summed E-state index contributed by atoms with van der Waals surface area (Å²) in [6.45, 7) is 0. The molecule has 1 aliphatic rings. The average Bonchev–Trinajstić information content (AvgIpc) is 2.45. The van der Waals surface area contributed by atoms with Crippen molar-refractivity contribution >= 4 is 5.71 Å². The topological polar surface area (TPSA) is 12.4 Å². The maximum atomic E-state index is 13.5. The smallest absolute Gasteiger partial charge is 0.208 e. The fourth-order valence-corrected chi connectivity index (χ4v) is 1.79. The summed E-state index contributed by atoms with van der Waals surface area (Å²) in [7, 11) is 0. The predicted molar refractivity (Wildman–Crippen MR) is 52.6 cm³/mol. The van der Waals surface area contributed by atoms with E-state index in [9.17, 15) is 52.7 Å². The second-order valence-corrected chi connectivity index (χ2v) is 4.57. The molecule has 0 fully saturated rings. The molecule has 1 aromatic rings. The SMILES string of the molecule is Fc1cc(C2=NC(F)(F)C(F)(F)C(F)(F)C2(F)F)c(F)c(F)c1F. The zero-order valence-electron chi connectivity index (χ0n) is 10.6. The number of hydrogen-bond acceptors (Lipinski definition) is 1. The van der Waals surface area contributed by atoms with Gasteiger partial charge in [-0.2, -0.15) is 35.1 Å². The van der Waals surface area contributed by atoms with Crippen molar-refractivity contribution in [1.29, 1.82) is 0 Å². The quantitative estimate of drug-likeness (QED) is 0.296. The van der Waals surface area contributed by atoms with E-state index in [0.29, 0.717) is 0 Å². The van der Waals surface area contributed by atoms with Crippen LogP contribution in [0.5, 0.6) is 0 Å². The number of hydrogen-bond donors (Lipinski definition) is 0. The Bertz CT molecular complexity index is 735. The van der Waals surface area contributed by atoms with Gasteiger partial charge in [-0.15, -0.1) is 0 Å². The standard InChI is InChI=1S/C11HF12N/c12-3-1-2(4(13)6(15)5(3)14)7-8(16,17)9(18,19)10(20,21)11(22,23)24-7/h1H. The summed E-state index contributed by atoms with van der Waals surface area (Å²) in [5.74, 6) is -30.3. The molecular formula is C11HF12N. The molecule has 1 nitrogen and oxygen atoms in total. The van der Waals surface area contributed by atoms with Gasteiger partial charge in [-0.25, -0.2) is 22.6 Å². The summed E-state index contributed by atoms with van der Waals surface area (Å²) in [4.78, 5) is 1.37. The summed E-state index contributed by atoms with van der Waals surface area (Å²) in [5, 5.41) is 0. The first-order chi connectivity index (χ1) is 10.6. The Balaban J connectivity index is 2.87. The highest BCUT2D eigenvalue weighted by molar-refractivity contribution is 6.07. The van der Waals surface area contributed by atoms with Crippen LogP contribution in [0.1, 0.15) is 5.56 Å². The summed E-state index contributed by atoms with van der Waals surface area (Å²) < 4.78 is 157. The van der Waals surface area contributed by atoms with Crippen molar-refractivity contribution < 1.29 is 52.7 Å². The summed E-state index contributed by atoms with van der Waals surface area (Å²) in [5.41, 5.74) is -5.41. The summed E-state index contributed by atoms with van der Waals surface area (Å²) in [6, 6.07) is -6.85. The second-order valence-electron chi connectivity index (χ2n) is 4.57. The van der Waals surface area contributed by atoms with Gasteiger partial charge in [-0.3, -0.25) is 0 Å². The maximum absolute atomic E-state index is 13.5. The van der Waals surface area contributed by atoms with E-state index in [1.165, 1.54) is 4.99 Å².